The highest BCUT2D eigenvalue weighted by molar-refractivity contribution is 7.14. The molecule has 1 aliphatic rings. The lowest BCUT2D eigenvalue weighted by molar-refractivity contribution is -0.00882. The second kappa shape index (κ2) is 9.81. The Labute approximate surface area is 210 Å². The monoisotopic (exact) mass is 563 g/mol. The van der Waals surface area contributed by atoms with E-state index >= 15 is 0 Å². The molecule has 0 N–H and O–H groups in total. The summed E-state index contributed by atoms with van der Waals surface area (Å²) in [5.74, 6) is -27.7. The molecule has 39 heavy (non-hydrogen) atoms. The van der Waals surface area contributed by atoms with Crippen LogP contribution in [0.3, 0.4) is 0 Å². The Bertz CT molecular complexity index is 1450. The highest BCUT2D eigenvalue weighted by Gasteiger charge is 2.49. The number of nitrogens with zero attached hydrogens (tertiary/aromatic N) is 2. The zero-order valence-electron chi connectivity index (χ0n) is 18.6. The van der Waals surface area contributed by atoms with E-state index in [1.165, 1.54) is 0 Å². The summed E-state index contributed by atoms with van der Waals surface area (Å²) in [6.07, 6.45) is -4.14. The topological polar surface area (TPSA) is 36.4 Å². The standard InChI is InChI=1S/C24H8BF12N2/c26-12-1-8(2-13(27)19(12)33)25(9-3-14(28)20(34)15(29)4-9,10-5-16(30)21(35)17(31)6-10)11-7-18(32)22(36)23(37)24(11)39-38/h1-7,11H/q-1. The van der Waals surface area contributed by atoms with Gasteiger partial charge >= 0.3 is 5.71 Å². The van der Waals surface area contributed by atoms with E-state index in [9.17, 15) is 58.2 Å². The van der Waals surface area contributed by atoms with Gasteiger partial charge in [-0.25, -0.2) is 48.3 Å². The van der Waals surface area contributed by atoms with E-state index in [0.29, 0.717) is 0 Å². The zero-order chi connectivity index (χ0) is 29.0. The first kappa shape index (κ1) is 27.8. The fourth-order valence-electron chi connectivity index (χ4n) is 4.88. The van der Waals surface area contributed by atoms with Gasteiger partial charge in [-0.2, -0.15) is 25.6 Å². The number of hydrogen-bond acceptors (Lipinski definition) is 0. The van der Waals surface area contributed by atoms with Gasteiger partial charge in [-0.05, 0) is 5.82 Å². The molecule has 1 atom stereocenters. The summed E-state index contributed by atoms with van der Waals surface area (Å²) in [5.41, 5.74) is 4.76. The van der Waals surface area contributed by atoms with Gasteiger partial charge in [0.05, 0.1) is 0 Å². The summed E-state index contributed by atoms with van der Waals surface area (Å²) in [6.45, 7) is 0. The summed E-state index contributed by atoms with van der Waals surface area (Å²) in [7, 11) is 0. The minimum Gasteiger partial charge on any atom is -0.361 e. The van der Waals surface area contributed by atoms with Gasteiger partial charge in [0, 0.05) is 0 Å². The van der Waals surface area contributed by atoms with E-state index in [-0.39, 0.29) is 42.5 Å². The third kappa shape index (κ3) is 4.22. The third-order valence-corrected chi connectivity index (χ3v) is 6.51. The van der Waals surface area contributed by atoms with Crippen molar-refractivity contribution in [3.05, 3.63) is 118 Å². The molecule has 0 saturated carbocycles. The number of benzene rings is 3. The van der Waals surface area contributed by atoms with E-state index < -0.39 is 104 Å². The van der Waals surface area contributed by atoms with Gasteiger partial charge in [0.25, 0.3) is 0 Å². The van der Waals surface area contributed by atoms with Crippen LogP contribution in [-0.2, 0) is 0 Å². The van der Waals surface area contributed by atoms with Gasteiger partial charge in [-0.1, -0.05) is 42.5 Å². The maximum absolute atomic E-state index is 14.8. The van der Waals surface area contributed by atoms with Crippen molar-refractivity contribution in [1.29, 1.82) is 0 Å². The minimum atomic E-state index is -4.22. The number of hydrogen-bond donors (Lipinski definition) is 0. The third-order valence-electron chi connectivity index (χ3n) is 6.51. The van der Waals surface area contributed by atoms with Gasteiger partial charge < -0.3 is 5.53 Å². The van der Waals surface area contributed by atoms with Crippen LogP contribution in [0.4, 0.5) is 52.7 Å². The van der Waals surface area contributed by atoms with E-state index in [1.807, 2.05) is 0 Å². The molecule has 3 aromatic carbocycles. The molecule has 15 heteroatoms. The Balaban J connectivity index is 2.33. The van der Waals surface area contributed by atoms with Crippen molar-refractivity contribution in [3.8, 4) is 0 Å². The fourth-order valence-corrected chi connectivity index (χ4v) is 4.88. The molecule has 0 bridgehead atoms. The largest absolute Gasteiger partial charge is 0.361 e. The Kier molecular flexibility index (Phi) is 6.98. The van der Waals surface area contributed by atoms with Gasteiger partial charge in [0.1, 0.15) is 6.15 Å². The quantitative estimate of drug-likeness (QED) is 0.133. The summed E-state index contributed by atoms with van der Waals surface area (Å²) < 4.78 is 172. The molecule has 2 nitrogen and oxygen atoms in total. The van der Waals surface area contributed by atoms with Crippen LogP contribution >= 0.6 is 0 Å². The maximum Gasteiger partial charge on any atom is 0.303 e. The Morgan fingerprint density at radius 2 is 0.821 bits per heavy atom. The Morgan fingerprint density at radius 3 is 1.10 bits per heavy atom. The Morgan fingerprint density at radius 1 is 0.513 bits per heavy atom. The van der Waals surface area contributed by atoms with Gasteiger partial charge in [0.2, 0.25) is 11.7 Å². The maximum atomic E-state index is 14.8. The smallest absolute Gasteiger partial charge is 0.303 e. The summed E-state index contributed by atoms with van der Waals surface area (Å²) in [6, 6.07) is 0.608. The van der Waals surface area contributed by atoms with Crippen LogP contribution in [-0.4, -0.2) is 16.6 Å². The highest BCUT2D eigenvalue weighted by Crippen LogP contribution is 2.38. The molecular formula is C24H8BF12N2-. The lowest BCUT2D eigenvalue weighted by Crippen LogP contribution is -2.71. The SMILES string of the molecule is [N-]=[N+]=C1C(F)=C(F)C(F)=CC1[B-](c1cc(F)c(F)c(F)c1)(c1cc(F)c(F)c(F)c1)c1cc(F)c(F)c(F)c1. The predicted octanol–water partition coefficient (Wildman–Crippen LogP) is 5.47. The molecule has 0 saturated heterocycles. The van der Waals surface area contributed by atoms with Crippen molar-refractivity contribution in [3.63, 3.8) is 0 Å². The van der Waals surface area contributed by atoms with Crippen LogP contribution in [0, 0.1) is 52.4 Å². The molecule has 0 radical (unpaired) electrons. The number of rotatable bonds is 4. The fraction of sp³-hybridized carbons (Fsp3) is 0.0417. The average Bonchev–Trinajstić information content (AvgIpc) is 2.88. The van der Waals surface area contributed by atoms with Crippen molar-refractivity contribution in [1.82, 2.24) is 0 Å². The molecule has 0 fully saturated rings. The highest BCUT2D eigenvalue weighted by atomic mass is 19.2. The summed E-state index contributed by atoms with van der Waals surface area (Å²) >= 11 is 0. The molecular weight excluding hydrogens is 555 g/mol. The van der Waals surface area contributed by atoms with E-state index in [1.54, 1.807) is 0 Å². The second-order valence-electron chi connectivity index (χ2n) is 8.48. The van der Waals surface area contributed by atoms with Crippen LogP contribution in [0.15, 0.2) is 60.0 Å². The van der Waals surface area contributed by atoms with Crippen molar-refractivity contribution < 1.29 is 57.5 Å². The van der Waals surface area contributed by atoms with Crippen molar-refractivity contribution in [2.75, 3.05) is 0 Å². The van der Waals surface area contributed by atoms with Crippen molar-refractivity contribution in [2.24, 2.45) is 0 Å². The first-order valence-corrected chi connectivity index (χ1v) is 10.5. The summed E-state index contributed by atoms with van der Waals surface area (Å²) in [5, 5.41) is 0. The van der Waals surface area contributed by atoms with E-state index in [0.717, 1.165) is 0 Å². The average molecular weight is 563 g/mol. The van der Waals surface area contributed by atoms with Crippen LogP contribution < -0.4 is 16.4 Å². The van der Waals surface area contributed by atoms with Gasteiger partial charge in [-0.3, -0.25) is 0 Å². The van der Waals surface area contributed by atoms with Crippen molar-refractivity contribution >= 4 is 28.2 Å². The number of halogens is 12. The number of allylic oxidation sites excluding steroid dienone is 4. The zero-order valence-corrected chi connectivity index (χ0v) is 18.6. The second-order valence-corrected chi connectivity index (χ2v) is 8.48. The Hall–Kier alpha value is -4.26. The van der Waals surface area contributed by atoms with Crippen LogP contribution in [0.1, 0.15) is 0 Å². The normalized spacial score (nSPS) is 15.9. The lowest BCUT2D eigenvalue weighted by Gasteiger charge is -2.46. The van der Waals surface area contributed by atoms with Gasteiger partial charge in [-0.15, -0.1) is 0 Å². The van der Waals surface area contributed by atoms with Crippen molar-refractivity contribution in [2.45, 2.75) is 5.82 Å². The molecule has 0 amide bonds. The molecule has 0 heterocycles. The molecule has 3 aromatic rings. The summed E-state index contributed by atoms with van der Waals surface area (Å²) in [4.78, 5) is 2.49. The molecule has 1 aliphatic carbocycles. The first-order chi connectivity index (χ1) is 18.2. The van der Waals surface area contributed by atoms with E-state index in [4.69, 9.17) is 0 Å². The molecule has 1 unspecified atom stereocenters. The molecule has 4 rings (SSSR count). The van der Waals surface area contributed by atoms with Crippen LogP contribution in [0.25, 0.3) is 5.53 Å². The van der Waals surface area contributed by atoms with Gasteiger partial charge in [0.15, 0.2) is 58.2 Å². The molecule has 0 spiro atoms. The van der Waals surface area contributed by atoms with Crippen LogP contribution in [0.2, 0.25) is 5.82 Å². The minimum absolute atomic E-state index is 0.0744. The predicted molar refractivity (Wildman–Crippen MR) is 114 cm³/mol. The molecule has 0 aliphatic heterocycles. The lowest BCUT2D eigenvalue weighted by atomic mass is 9.10. The molecule has 0 aromatic heterocycles. The van der Waals surface area contributed by atoms with Crippen LogP contribution in [0.5, 0.6) is 0 Å². The van der Waals surface area contributed by atoms with E-state index in [2.05, 4.69) is 4.79 Å². The molecule has 202 valence electrons. The first-order valence-electron chi connectivity index (χ1n) is 10.5.